The number of allylic oxidation sites excluding steroid dienone is 3. The first-order valence-electron chi connectivity index (χ1n) is 7.00. The van der Waals surface area contributed by atoms with Crippen molar-refractivity contribution in [3.63, 3.8) is 0 Å². The van der Waals surface area contributed by atoms with Crippen molar-refractivity contribution in [2.24, 2.45) is 11.8 Å². The highest BCUT2D eigenvalue weighted by atomic mass is 17.1. The highest BCUT2D eigenvalue weighted by Gasteiger charge is 2.22. The van der Waals surface area contributed by atoms with E-state index in [1.165, 1.54) is 19.3 Å². The van der Waals surface area contributed by atoms with Gasteiger partial charge in [-0.2, -0.15) is 5.26 Å². The first-order chi connectivity index (χ1) is 9.17. The zero-order valence-electron chi connectivity index (χ0n) is 11.5. The summed E-state index contributed by atoms with van der Waals surface area (Å²) in [5.41, 5.74) is 0. The van der Waals surface area contributed by atoms with Gasteiger partial charge in [-0.25, -0.2) is 4.79 Å². The zero-order valence-corrected chi connectivity index (χ0v) is 11.5. The molecule has 0 radical (unpaired) electrons. The van der Waals surface area contributed by atoms with Crippen molar-refractivity contribution in [1.82, 2.24) is 0 Å². The monoisotopic (exact) mass is 268 g/mol. The van der Waals surface area contributed by atoms with Crippen LogP contribution in [0.4, 0.5) is 0 Å². The van der Waals surface area contributed by atoms with Gasteiger partial charge < -0.3 is 9.99 Å². The smallest absolute Gasteiger partial charge is 0.342 e. The van der Waals surface area contributed by atoms with Gasteiger partial charge in [0.05, 0.1) is 6.10 Å². The maximum Gasteiger partial charge on any atom is 0.342 e. The molecule has 19 heavy (non-hydrogen) atoms. The third kappa shape index (κ3) is 6.03. The van der Waals surface area contributed by atoms with E-state index in [4.69, 9.17) is 5.26 Å². The molecule has 3 atom stereocenters. The van der Waals surface area contributed by atoms with Gasteiger partial charge in [0.2, 0.25) is 0 Å². The minimum Gasteiger partial charge on any atom is -0.389 e. The van der Waals surface area contributed by atoms with Crippen LogP contribution in [0, 0.1) is 11.8 Å². The second-order valence-corrected chi connectivity index (χ2v) is 5.09. The van der Waals surface area contributed by atoms with Crippen LogP contribution < -0.4 is 0 Å². The maximum absolute atomic E-state index is 10.7. The molecule has 1 fully saturated rings. The van der Waals surface area contributed by atoms with Gasteiger partial charge in [-0.1, -0.05) is 30.7 Å². The van der Waals surface area contributed by atoms with Crippen molar-refractivity contribution in [2.45, 2.75) is 51.6 Å². The highest BCUT2D eigenvalue weighted by molar-refractivity contribution is 5.68. The van der Waals surface area contributed by atoms with Gasteiger partial charge in [0.1, 0.15) is 0 Å². The molecule has 0 amide bonds. The topological polar surface area (TPSA) is 66.8 Å². The first-order valence-corrected chi connectivity index (χ1v) is 7.00. The van der Waals surface area contributed by atoms with E-state index in [-0.39, 0.29) is 6.42 Å². The summed E-state index contributed by atoms with van der Waals surface area (Å²) in [7, 11) is 0. The lowest BCUT2D eigenvalue weighted by Gasteiger charge is -2.12. The van der Waals surface area contributed by atoms with Gasteiger partial charge in [-0.15, -0.1) is 0 Å². The van der Waals surface area contributed by atoms with Crippen LogP contribution in [-0.2, 0) is 9.68 Å². The standard InChI is InChI=1S/C15H24O4/c1-2-5-12-6-3-7-13(12)10-11-14(16)8-4-9-15(17)19-18/h2,5,10-14,16,18H,3-4,6-9H2,1H3/b5-2+,11-10?/t12-,13+,14?/m0/s1. The maximum atomic E-state index is 10.7. The molecule has 108 valence electrons. The number of hydrogen-bond acceptors (Lipinski definition) is 4. The fraction of sp³-hybridized carbons (Fsp3) is 0.667. The van der Waals surface area contributed by atoms with Crippen molar-refractivity contribution in [3.8, 4) is 0 Å². The lowest BCUT2D eigenvalue weighted by Crippen LogP contribution is -2.07. The van der Waals surface area contributed by atoms with E-state index in [1.54, 1.807) is 0 Å². The van der Waals surface area contributed by atoms with Crippen LogP contribution in [-0.4, -0.2) is 22.4 Å². The minimum absolute atomic E-state index is 0.131. The summed E-state index contributed by atoms with van der Waals surface area (Å²) < 4.78 is 0. The van der Waals surface area contributed by atoms with Crippen LogP contribution in [0.15, 0.2) is 24.3 Å². The number of hydrogen-bond donors (Lipinski definition) is 2. The molecule has 0 heterocycles. The number of aliphatic hydroxyl groups excluding tert-OH is 1. The van der Waals surface area contributed by atoms with Gasteiger partial charge >= 0.3 is 5.97 Å². The molecule has 0 bridgehead atoms. The van der Waals surface area contributed by atoms with E-state index in [0.717, 1.165) is 0 Å². The Morgan fingerprint density at radius 2 is 2.05 bits per heavy atom. The Kier molecular flexibility index (Phi) is 7.45. The van der Waals surface area contributed by atoms with Gasteiger partial charge in [0, 0.05) is 6.42 Å². The summed E-state index contributed by atoms with van der Waals surface area (Å²) in [5, 5.41) is 17.9. The summed E-state index contributed by atoms with van der Waals surface area (Å²) in [4.78, 5) is 14.3. The van der Waals surface area contributed by atoms with Crippen LogP contribution in [0.2, 0.25) is 0 Å². The van der Waals surface area contributed by atoms with E-state index >= 15 is 0 Å². The van der Waals surface area contributed by atoms with E-state index in [2.05, 4.69) is 23.1 Å². The van der Waals surface area contributed by atoms with E-state index in [9.17, 15) is 9.90 Å². The molecular formula is C15H24O4. The Bertz CT molecular complexity index is 322. The predicted octanol–water partition coefficient (Wildman–Crippen LogP) is 3.08. The second-order valence-electron chi connectivity index (χ2n) is 5.09. The molecule has 1 aliphatic rings. The van der Waals surface area contributed by atoms with Gasteiger partial charge in [0.25, 0.3) is 0 Å². The van der Waals surface area contributed by atoms with Crippen molar-refractivity contribution >= 4 is 5.97 Å². The Balaban J connectivity index is 2.28. The Labute approximate surface area is 114 Å². The number of carbonyl (C=O) groups is 1. The quantitative estimate of drug-likeness (QED) is 0.423. The fourth-order valence-electron chi connectivity index (χ4n) is 2.61. The van der Waals surface area contributed by atoms with Crippen LogP contribution in [0.25, 0.3) is 0 Å². The summed E-state index contributed by atoms with van der Waals surface area (Å²) >= 11 is 0. The third-order valence-electron chi connectivity index (χ3n) is 3.63. The molecule has 0 spiro atoms. The first kappa shape index (κ1) is 15.9. The number of rotatable bonds is 7. The molecule has 1 saturated carbocycles. The largest absolute Gasteiger partial charge is 0.389 e. The molecule has 4 heteroatoms. The van der Waals surface area contributed by atoms with Crippen LogP contribution >= 0.6 is 0 Å². The Hall–Kier alpha value is -1.13. The molecule has 0 saturated heterocycles. The molecule has 2 N–H and O–H groups in total. The molecule has 0 aromatic heterocycles. The van der Waals surface area contributed by atoms with Crippen LogP contribution in [0.3, 0.4) is 0 Å². The molecule has 0 aromatic rings. The SMILES string of the molecule is C/C=C/[C@H]1CCC[C@@H]1C=CC(O)CCCC(=O)OO. The van der Waals surface area contributed by atoms with Gasteiger partial charge in [-0.05, 0) is 44.4 Å². The molecule has 1 aliphatic carbocycles. The molecule has 4 nitrogen and oxygen atoms in total. The molecule has 1 rings (SSSR count). The predicted molar refractivity (Wildman–Crippen MR) is 73.4 cm³/mol. The average Bonchev–Trinajstić information content (AvgIpc) is 2.84. The fourth-order valence-corrected chi connectivity index (χ4v) is 2.61. The summed E-state index contributed by atoms with van der Waals surface area (Å²) in [6.07, 6.45) is 12.5. The van der Waals surface area contributed by atoms with Crippen LogP contribution in [0.5, 0.6) is 0 Å². The van der Waals surface area contributed by atoms with E-state index in [1.807, 2.05) is 13.0 Å². The van der Waals surface area contributed by atoms with Crippen LogP contribution in [0.1, 0.15) is 45.4 Å². The zero-order chi connectivity index (χ0) is 14.1. The summed E-state index contributed by atoms with van der Waals surface area (Å²) in [5.74, 6) is 0.464. The summed E-state index contributed by atoms with van der Waals surface area (Å²) in [6, 6.07) is 0. The van der Waals surface area contributed by atoms with Crippen molar-refractivity contribution in [1.29, 1.82) is 0 Å². The Morgan fingerprint density at radius 1 is 1.37 bits per heavy atom. The second kappa shape index (κ2) is 8.88. The summed E-state index contributed by atoms with van der Waals surface area (Å²) in [6.45, 7) is 2.04. The average molecular weight is 268 g/mol. The molecule has 0 aromatic carbocycles. The minimum atomic E-state index is -0.653. The van der Waals surface area contributed by atoms with Gasteiger partial charge in [-0.3, -0.25) is 0 Å². The molecular weight excluding hydrogens is 244 g/mol. The Morgan fingerprint density at radius 3 is 2.68 bits per heavy atom. The van der Waals surface area contributed by atoms with Gasteiger partial charge in [0.15, 0.2) is 0 Å². The van der Waals surface area contributed by atoms with E-state index < -0.39 is 12.1 Å². The lowest BCUT2D eigenvalue weighted by molar-refractivity contribution is -0.234. The normalized spacial score (nSPS) is 25.2. The van der Waals surface area contributed by atoms with Crippen molar-refractivity contribution < 1.29 is 20.0 Å². The lowest BCUT2D eigenvalue weighted by atomic mass is 9.94. The van der Waals surface area contributed by atoms with Crippen molar-refractivity contribution in [2.75, 3.05) is 0 Å². The number of aliphatic hydroxyl groups is 1. The number of carbonyl (C=O) groups excluding carboxylic acids is 1. The van der Waals surface area contributed by atoms with E-state index in [0.29, 0.717) is 24.7 Å². The van der Waals surface area contributed by atoms with Crippen molar-refractivity contribution in [3.05, 3.63) is 24.3 Å². The third-order valence-corrected chi connectivity index (χ3v) is 3.63. The highest BCUT2D eigenvalue weighted by Crippen LogP contribution is 2.33. The molecule has 0 aliphatic heterocycles. The molecule has 1 unspecified atom stereocenters.